The zero-order valence-electron chi connectivity index (χ0n) is 8.80. The van der Waals surface area contributed by atoms with Gasteiger partial charge in [-0.15, -0.1) is 0 Å². The van der Waals surface area contributed by atoms with E-state index in [4.69, 9.17) is 4.18 Å². The lowest BCUT2D eigenvalue weighted by atomic mass is 10.3. The summed E-state index contributed by atoms with van der Waals surface area (Å²) in [4.78, 5) is 0.187. The van der Waals surface area contributed by atoms with E-state index in [2.05, 4.69) is 0 Å². The summed E-state index contributed by atoms with van der Waals surface area (Å²) in [5, 5.41) is 0. The molecular formula is C11H14O3S. The van der Waals surface area contributed by atoms with E-state index in [0.29, 0.717) is 0 Å². The fourth-order valence-corrected chi connectivity index (χ4v) is 1.82. The first-order valence-corrected chi connectivity index (χ1v) is 6.01. The molecule has 3 nitrogen and oxygen atoms in total. The predicted octanol–water partition coefficient (Wildman–Crippen LogP) is 2.36. The lowest BCUT2D eigenvalue weighted by molar-refractivity contribution is 0.356. The van der Waals surface area contributed by atoms with E-state index >= 15 is 0 Å². The Bertz CT molecular complexity index is 428. The summed E-state index contributed by atoms with van der Waals surface area (Å²) in [6.07, 6.45) is 1.72. The van der Waals surface area contributed by atoms with Gasteiger partial charge in [0.15, 0.2) is 0 Å². The van der Waals surface area contributed by atoms with Crippen LogP contribution in [0, 0.1) is 0 Å². The van der Waals surface area contributed by atoms with E-state index in [0.717, 1.165) is 5.57 Å². The number of benzene rings is 1. The number of rotatable bonds is 4. The van der Waals surface area contributed by atoms with Crippen LogP contribution < -0.4 is 0 Å². The van der Waals surface area contributed by atoms with Gasteiger partial charge in [0.2, 0.25) is 0 Å². The topological polar surface area (TPSA) is 43.4 Å². The largest absolute Gasteiger partial charge is 0.297 e. The molecule has 15 heavy (non-hydrogen) atoms. The number of hydrogen-bond acceptors (Lipinski definition) is 3. The van der Waals surface area contributed by atoms with Crippen LogP contribution in [0.5, 0.6) is 0 Å². The smallest absolute Gasteiger partial charge is 0.262 e. The van der Waals surface area contributed by atoms with Crippen LogP contribution in [0.2, 0.25) is 0 Å². The Kier molecular flexibility index (Phi) is 4.05. The Hall–Kier alpha value is -1.13. The molecule has 0 saturated carbocycles. The molecule has 0 aromatic heterocycles. The number of hydrogen-bond donors (Lipinski definition) is 0. The molecule has 0 amide bonds. The highest BCUT2D eigenvalue weighted by molar-refractivity contribution is 7.86. The summed E-state index contributed by atoms with van der Waals surface area (Å²) >= 11 is 0. The Morgan fingerprint density at radius 2 is 1.87 bits per heavy atom. The zero-order valence-corrected chi connectivity index (χ0v) is 9.62. The van der Waals surface area contributed by atoms with E-state index in [1.165, 1.54) is 12.1 Å². The van der Waals surface area contributed by atoms with Gasteiger partial charge in [-0.1, -0.05) is 29.8 Å². The third-order valence-corrected chi connectivity index (χ3v) is 3.04. The van der Waals surface area contributed by atoms with Gasteiger partial charge >= 0.3 is 0 Å². The summed E-state index contributed by atoms with van der Waals surface area (Å²) in [5.41, 5.74) is 1.03. The minimum absolute atomic E-state index is 0.0829. The minimum Gasteiger partial charge on any atom is -0.262 e. The van der Waals surface area contributed by atoms with Gasteiger partial charge in [0.1, 0.15) is 0 Å². The van der Waals surface area contributed by atoms with Crippen molar-refractivity contribution in [2.45, 2.75) is 18.7 Å². The molecule has 0 radical (unpaired) electrons. The van der Waals surface area contributed by atoms with Crippen LogP contribution in [-0.4, -0.2) is 15.0 Å². The van der Waals surface area contributed by atoms with Crippen molar-refractivity contribution in [3.05, 3.63) is 42.0 Å². The molecule has 0 spiro atoms. The van der Waals surface area contributed by atoms with Gasteiger partial charge in [0.05, 0.1) is 11.5 Å². The van der Waals surface area contributed by atoms with Gasteiger partial charge in [0, 0.05) is 0 Å². The highest BCUT2D eigenvalue weighted by Crippen LogP contribution is 2.11. The molecule has 0 aliphatic heterocycles. The van der Waals surface area contributed by atoms with E-state index in [1.807, 2.05) is 13.8 Å². The molecule has 0 atom stereocenters. The third kappa shape index (κ3) is 3.85. The second kappa shape index (κ2) is 5.09. The average Bonchev–Trinajstić information content (AvgIpc) is 2.18. The van der Waals surface area contributed by atoms with E-state index in [-0.39, 0.29) is 11.5 Å². The standard InChI is InChI=1S/C11H14O3S/c1-10(2)8-9-14-15(12,13)11-6-4-3-5-7-11/h3-8H,9H2,1-2H3. The first-order valence-electron chi connectivity index (χ1n) is 4.60. The van der Waals surface area contributed by atoms with Gasteiger partial charge in [-0.25, -0.2) is 0 Å². The maximum atomic E-state index is 11.6. The summed E-state index contributed by atoms with van der Waals surface area (Å²) in [6, 6.07) is 8.11. The monoisotopic (exact) mass is 226 g/mol. The summed E-state index contributed by atoms with van der Waals surface area (Å²) in [7, 11) is -3.60. The van der Waals surface area contributed by atoms with Crippen molar-refractivity contribution in [2.24, 2.45) is 0 Å². The minimum atomic E-state index is -3.60. The zero-order chi connectivity index (χ0) is 11.3. The fourth-order valence-electron chi connectivity index (χ4n) is 0.945. The van der Waals surface area contributed by atoms with Crippen molar-refractivity contribution in [1.29, 1.82) is 0 Å². The van der Waals surface area contributed by atoms with Crippen molar-refractivity contribution < 1.29 is 12.6 Å². The van der Waals surface area contributed by atoms with Crippen molar-refractivity contribution in [3.8, 4) is 0 Å². The van der Waals surface area contributed by atoms with Gasteiger partial charge in [0.25, 0.3) is 10.1 Å². The van der Waals surface area contributed by atoms with Crippen LogP contribution in [-0.2, 0) is 14.3 Å². The van der Waals surface area contributed by atoms with Crippen LogP contribution in [0.4, 0.5) is 0 Å². The van der Waals surface area contributed by atoms with Crippen molar-refractivity contribution in [2.75, 3.05) is 6.61 Å². The normalized spacial score (nSPS) is 11.1. The molecule has 0 aliphatic carbocycles. The molecule has 0 N–H and O–H groups in total. The van der Waals surface area contributed by atoms with Crippen molar-refractivity contribution in [3.63, 3.8) is 0 Å². The molecule has 0 saturated heterocycles. The van der Waals surface area contributed by atoms with E-state index < -0.39 is 10.1 Å². The van der Waals surface area contributed by atoms with Crippen LogP contribution in [0.25, 0.3) is 0 Å². The van der Waals surface area contributed by atoms with Crippen LogP contribution in [0.15, 0.2) is 46.9 Å². The maximum Gasteiger partial charge on any atom is 0.297 e. The van der Waals surface area contributed by atoms with Gasteiger partial charge in [-0.05, 0) is 26.0 Å². The Morgan fingerprint density at radius 3 is 2.40 bits per heavy atom. The van der Waals surface area contributed by atoms with Crippen molar-refractivity contribution in [1.82, 2.24) is 0 Å². The lowest BCUT2D eigenvalue weighted by Gasteiger charge is -2.02. The van der Waals surface area contributed by atoms with Crippen molar-refractivity contribution >= 4 is 10.1 Å². The lowest BCUT2D eigenvalue weighted by Crippen LogP contribution is -2.06. The molecule has 1 aromatic carbocycles. The molecule has 1 rings (SSSR count). The quantitative estimate of drug-likeness (QED) is 0.584. The molecule has 0 fully saturated rings. The van der Waals surface area contributed by atoms with Crippen LogP contribution >= 0.6 is 0 Å². The highest BCUT2D eigenvalue weighted by atomic mass is 32.2. The molecule has 0 bridgehead atoms. The van der Waals surface area contributed by atoms with Gasteiger partial charge in [-0.3, -0.25) is 4.18 Å². The Morgan fingerprint density at radius 1 is 1.27 bits per heavy atom. The van der Waals surface area contributed by atoms with Crippen LogP contribution in [0.3, 0.4) is 0 Å². The van der Waals surface area contributed by atoms with E-state index in [9.17, 15) is 8.42 Å². The third-order valence-electron chi connectivity index (χ3n) is 1.75. The number of allylic oxidation sites excluding steroid dienone is 1. The predicted molar refractivity (Wildman–Crippen MR) is 59.0 cm³/mol. The fraction of sp³-hybridized carbons (Fsp3) is 0.273. The summed E-state index contributed by atoms with van der Waals surface area (Å²) in [6.45, 7) is 3.86. The molecule has 82 valence electrons. The molecule has 0 aliphatic rings. The SMILES string of the molecule is CC(C)=CCOS(=O)(=O)c1ccccc1. The van der Waals surface area contributed by atoms with Crippen LogP contribution in [0.1, 0.15) is 13.8 Å². The highest BCUT2D eigenvalue weighted by Gasteiger charge is 2.12. The van der Waals surface area contributed by atoms with E-state index in [1.54, 1.807) is 24.3 Å². The molecule has 4 heteroatoms. The van der Waals surface area contributed by atoms with Gasteiger partial charge < -0.3 is 0 Å². The first kappa shape index (κ1) is 11.9. The summed E-state index contributed by atoms with van der Waals surface area (Å²) in [5.74, 6) is 0. The van der Waals surface area contributed by atoms with Gasteiger partial charge in [-0.2, -0.15) is 8.42 Å². The second-order valence-electron chi connectivity index (χ2n) is 3.33. The second-order valence-corrected chi connectivity index (χ2v) is 4.95. The molecular weight excluding hydrogens is 212 g/mol. The maximum absolute atomic E-state index is 11.6. The molecule has 1 aromatic rings. The molecule has 0 unspecified atom stereocenters. The Balaban J connectivity index is 2.73. The Labute approximate surface area is 90.5 Å². The first-order chi connectivity index (χ1) is 7.02. The summed E-state index contributed by atoms with van der Waals surface area (Å²) < 4.78 is 27.9. The molecule has 0 heterocycles. The average molecular weight is 226 g/mol.